The monoisotopic (exact) mass is 311 g/mol. The largest absolute Gasteiger partial charge is 0.469 e. The van der Waals surface area contributed by atoms with Crippen molar-refractivity contribution in [3.63, 3.8) is 0 Å². The summed E-state index contributed by atoms with van der Waals surface area (Å²) in [5.74, 6) is -0.647. The maximum absolute atomic E-state index is 11.7. The van der Waals surface area contributed by atoms with Crippen LogP contribution in [-0.4, -0.2) is 19.0 Å². The number of rotatable bonds is 6. The summed E-state index contributed by atoms with van der Waals surface area (Å²) < 4.78 is 4.49. The molecule has 23 heavy (non-hydrogen) atoms. The second kappa shape index (κ2) is 8.43. The molecular weight excluding hydrogens is 294 g/mol. The Morgan fingerprint density at radius 2 is 1.52 bits per heavy atom. The molecule has 0 aliphatic heterocycles. The summed E-state index contributed by atoms with van der Waals surface area (Å²) in [6.07, 6.45) is 0.147. The number of nitrogens with zero attached hydrogens (tertiary/aromatic N) is 2. The maximum atomic E-state index is 11.7. The van der Waals surface area contributed by atoms with Crippen LogP contribution < -0.4 is 5.32 Å². The lowest BCUT2D eigenvalue weighted by molar-refractivity contribution is -0.141. The molecule has 2 aromatic rings. The van der Waals surface area contributed by atoms with Crippen molar-refractivity contribution in [3.8, 4) is 0 Å². The van der Waals surface area contributed by atoms with Crippen LogP contribution in [0.1, 0.15) is 12.8 Å². The Morgan fingerprint density at radius 1 is 0.913 bits per heavy atom. The molecule has 0 radical (unpaired) electrons. The van der Waals surface area contributed by atoms with Crippen LogP contribution in [0.25, 0.3) is 0 Å². The molecule has 6 nitrogen and oxygen atoms in total. The van der Waals surface area contributed by atoms with Gasteiger partial charge in [0.1, 0.15) is 0 Å². The normalized spacial score (nSPS) is 10.5. The molecule has 0 spiro atoms. The van der Waals surface area contributed by atoms with Crippen LogP contribution in [-0.2, 0) is 14.3 Å². The van der Waals surface area contributed by atoms with Crippen molar-refractivity contribution in [2.24, 2.45) is 10.2 Å². The molecule has 0 bridgehead atoms. The first-order valence-electron chi connectivity index (χ1n) is 7.11. The lowest BCUT2D eigenvalue weighted by atomic mass is 10.2. The quantitative estimate of drug-likeness (QED) is 0.647. The number of carbonyl (C=O) groups is 2. The third-order valence-electron chi connectivity index (χ3n) is 2.97. The van der Waals surface area contributed by atoms with Gasteiger partial charge in [-0.15, -0.1) is 0 Å². The van der Waals surface area contributed by atoms with Gasteiger partial charge in [-0.2, -0.15) is 10.2 Å². The van der Waals surface area contributed by atoms with Crippen LogP contribution in [0.5, 0.6) is 0 Å². The summed E-state index contributed by atoms with van der Waals surface area (Å²) >= 11 is 0. The van der Waals surface area contributed by atoms with Crippen LogP contribution in [0, 0.1) is 0 Å². The highest BCUT2D eigenvalue weighted by atomic mass is 16.5. The lowest BCUT2D eigenvalue weighted by Crippen LogP contribution is -2.13. The Hall–Kier alpha value is -3.02. The second-order valence-electron chi connectivity index (χ2n) is 4.71. The minimum atomic E-state index is -0.406. The average Bonchev–Trinajstić information content (AvgIpc) is 2.60. The zero-order chi connectivity index (χ0) is 16.5. The number of amides is 1. The molecule has 0 fully saturated rings. The molecule has 1 N–H and O–H groups in total. The second-order valence-corrected chi connectivity index (χ2v) is 4.71. The summed E-state index contributed by atoms with van der Waals surface area (Å²) in [5.41, 5.74) is 2.09. The molecule has 6 heteroatoms. The van der Waals surface area contributed by atoms with Crippen molar-refractivity contribution in [3.05, 3.63) is 54.6 Å². The van der Waals surface area contributed by atoms with Crippen LogP contribution in [0.4, 0.5) is 17.1 Å². The van der Waals surface area contributed by atoms with E-state index in [1.807, 2.05) is 30.3 Å². The number of hydrogen-bond acceptors (Lipinski definition) is 5. The van der Waals surface area contributed by atoms with Crippen LogP contribution in [0.15, 0.2) is 64.8 Å². The van der Waals surface area contributed by atoms with Gasteiger partial charge in [-0.05, 0) is 36.4 Å². The summed E-state index contributed by atoms with van der Waals surface area (Å²) in [6.45, 7) is 0. The molecule has 0 aliphatic rings. The van der Waals surface area contributed by atoms with Gasteiger partial charge >= 0.3 is 5.97 Å². The summed E-state index contributed by atoms with van der Waals surface area (Å²) in [5, 5.41) is 10.9. The van der Waals surface area contributed by atoms with E-state index in [4.69, 9.17) is 0 Å². The summed E-state index contributed by atoms with van der Waals surface area (Å²) in [7, 11) is 1.29. The van der Waals surface area contributed by atoms with Crippen molar-refractivity contribution in [2.75, 3.05) is 12.4 Å². The molecule has 0 unspecified atom stereocenters. The molecule has 2 aromatic carbocycles. The molecule has 0 atom stereocenters. The number of esters is 1. The van der Waals surface area contributed by atoms with Gasteiger partial charge in [0.05, 0.1) is 24.9 Å². The maximum Gasteiger partial charge on any atom is 0.306 e. The highest BCUT2D eigenvalue weighted by Crippen LogP contribution is 2.20. The van der Waals surface area contributed by atoms with E-state index in [9.17, 15) is 9.59 Å². The van der Waals surface area contributed by atoms with Gasteiger partial charge in [-0.25, -0.2) is 0 Å². The van der Waals surface area contributed by atoms with Crippen LogP contribution in [0.2, 0.25) is 0 Å². The van der Waals surface area contributed by atoms with E-state index in [1.165, 1.54) is 7.11 Å². The first-order chi connectivity index (χ1) is 11.2. The molecule has 1 amide bonds. The van der Waals surface area contributed by atoms with Crippen molar-refractivity contribution in [1.82, 2.24) is 0 Å². The number of hydrogen-bond donors (Lipinski definition) is 1. The number of carbonyl (C=O) groups excluding carboxylic acids is 2. The third-order valence-corrected chi connectivity index (χ3v) is 2.97. The van der Waals surface area contributed by atoms with Gasteiger partial charge in [0, 0.05) is 12.1 Å². The topological polar surface area (TPSA) is 80.1 Å². The molecule has 0 aromatic heterocycles. The fourth-order valence-electron chi connectivity index (χ4n) is 1.76. The summed E-state index contributed by atoms with van der Waals surface area (Å²) in [4.78, 5) is 22.6. The Balaban J connectivity index is 1.88. The standard InChI is InChI=1S/C17H17N3O3/c1-23-17(22)12-11-16(21)18-13-7-9-15(10-8-13)20-19-14-5-3-2-4-6-14/h2-10H,11-12H2,1H3,(H,18,21). The van der Waals surface area contributed by atoms with Gasteiger partial charge in [0.15, 0.2) is 0 Å². The number of ether oxygens (including phenoxy) is 1. The number of azo groups is 1. The summed E-state index contributed by atoms with van der Waals surface area (Å²) in [6, 6.07) is 16.4. The van der Waals surface area contributed by atoms with E-state index in [0.717, 1.165) is 5.69 Å². The van der Waals surface area contributed by atoms with E-state index in [2.05, 4.69) is 20.3 Å². The van der Waals surface area contributed by atoms with E-state index in [1.54, 1.807) is 24.3 Å². The van der Waals surface area contributed by atoms with Crippen LogP contribution in [0.3, 0.4) is 0 Å². The SMILES string of the molecule is COC(=O)CCC(=O)Nc1ccc(N=Nc2ccccc2)cc1. The zero-order valence-electron chi connectivity index (χ0n) is 12.7. The first-order valence-corrected chi connectivity index (χ1v) is 7.11. The number of anilines is 1. The molecule has 0 saturated carbocycles. The molecular formula is C17H17N3O3. The Kier molecular flexibility index (Phi) is 5.99. The first kappa shape index (κ1) is 16.4. The minimum absolute atomic E-state index is 0.0612. The predicted molar refractivity (Wildman–Crippen MR) is 86.9 cm³/mol. The van der Waals surface area contributed by atoms with Gasteiger partial charge in [0.25, 0.3) is 0 Å². The highest BCUT2D eigenvalue weighted by Gasteiger charge is 2.07. The minimum Gasteiger partial charge on any atom is -0.469 e. The molecule has 118 valence electrons. The number of benzene rings is 2. The van der Waals surface area contributed by atoms with Gasteiger partial charge in [-0.1, -0.05) is 18.2 Å². The number of methoxy groups -OCH3 is 1. The van der Waals surface area contributed by atoms with Crippen molar-refractivity contribution in [2.45, 2.75) is 12.8 Å². The molecule has 2 rings (SSSR count). The smallest absolute Gasteiger partial charge is 0.306 e. The Bertz CT molecular complexity index is 682. The van der Waals surface area contributed by atoms with Crippen molar-refractivity contribution < 1.29 is 14.3 Å². The highest BCUT2D eigenvalue weighted by molar-refractivity contribution is 5.92. The van der Waals surface area contributed by atoms with E-state index >= 15 is 0 Å². The van der Waals surface area contributed by atoms with E-state index in [0.29, 0.717) is 11.4 Å². The predicted octanol–water partition coefficient (Wildman–Crippen LogP) is 3.99. The van der Waals surface area contributed by atoms with Gasteiger partial charge in [-0.3, -0.25) is 9.59 Å². The molecule has 0 saturated heterocycles. The van der Waals surface area contributed by atoms with E-state index in [-0.39, 0.29) is 18.7 Å². The number of nitrogens with one attached hydrogen (secondary N) is 1. The van der Waals surface area contributed by atoms with Crippen LogP contribution >= 0.6 is 0 Å². The van der Waals surface area contributed by atoms with Gasteiger partial charge in [0.2, 0.25) is 5.91 Å². The molecule has 0 aliphatic carbocycles. The van der Waals surface area contributed by atoms with Gasteiger partial charge < -0.3 is 10.1 Å². The van der Waals surface area contributed by atoms with Crippen molar-refractivity contribution >= 4 is 28.9 Å². The Labute approximate surface area is 134 Å². The average molecular weight is 311 g/mol. The van der Waals surface area contributed by atoms with E-state index < -0.39 is 5.97 Å². The fraction of sp³-hybridized carbons (Fsp3) is 0.176. The Morgan fingerprint density at radius 3 is 2.13 bits per heavy atom. The lowest BCUT2D eigenvalue weighted by Gasteiger charge is -2.04. The fourth-order valence-corrected chi connectivity index (χ4v) is 1.76. The molecule has 0 heterocycles. The zero-order valence-corrected chi connectivity index (χ0v) is 12.7. The third kappa shape index (κ3) is 5.70. The van der Waals surface area contributed by atoms with Crippen molar-refractivity contribution in [1.29, 1.82) is 0 Å².